The number of rotatable bonds is 5. The van der Waals surface area contributed by atoms with Gasteiger partial charge in [0.1, 0.15) is 24.3 Å². The van der Waals surface area contributed by atoms with E-state index in [0.29, 0.717) is 17.2 Å². The van der Waals surface area contributed by atoms with E-state index in [2.05, 4.69) is 15.3 Å². The Morgan fingerprint density at radius 2 is 1.77 bits per heavy atom. The number of nitrogens with zero attached hydrogens (tertiary/aromatic N) is 2. The molecule has 0 atom stereocenters. The minimum absolute atomic E-state index is 0.167. The molecule has 0 bridgehead atoms. The first kappa shape index (κ1) is 22.1. The van der Waals surface area contributed by atoms with Gasteiger partial charge in [0, 0.05) is 17.2 Å². The summed E-state index contributed by atoms with van der Waals surface area (Å²) in [5.41, 5.74) is -0.751. The van der Waals surface area contributed by atoms with Gasteiger partial charge in [-0.2, -0.15) is 18.2 Å². The maximum absolute atomic E-state index is 13.3. The molecule has 0 radical (unpaired) electrons. The minimum atomic E-state index is -4.79. The Bertz CT molecular complexity index is 1120. The van der Waals surface area contributed by atoms with Crippen molar-refractivity contribution in [1.29, 1.82) is 0 Å². The molecular formula is C19H15ClF4N3O2P. The van der Waals surface area contributed by atoms with Crippen LogP contribution in [0, 0.1) is 5.82 Å². The molecule has 0 amide bonds. The van der Waals surface area contributed by atoms with Crippen LogP contribution in [0.25, 0.3) is 0 Å². The standard InChI is InChI=1S/C19H15ClF4N3O2P/c1-30(2,28)13-6-4-12(5-7-13)26-18-25-10-14(19(22,23)24)17(27-18)29-16-8-3-11(21)9-15(16)20/h3-10H,1-2H3,(H,25,26,27). The molecule has 0 unspecified atom stereocenters. The highest BCUT2D eigenvalue weighted by molar-refractivity contribution is 7.70. The van der Waals surface area contributed by atoms with Crippen molar-refractivity contribution in [2.24, 2.45) is 0 Å². The van der Waals surface area contributed by atoms with E-state index in [0.717, 1.165) is 18.2 Å². The molecule has 0 spiro atoms. The highest BCUT2D eigenvalue weighted by Gasteiger charge is 2.36. The number of benzene rings is 2. The molecule has 1 heterocycles. The average molecular weight is 460 g/mol. The average Bonchev–Trinajstić information content (AvgIpc) is 2.63. The lowest BCUT2D eigenvalue weighted by Gasteiger charge is -2.15. The highest BCUT2D eigenvalue weighted by atomic mass is 35.5. The number of aromatic nitrogens is 2. The van der Waals surface area contributed by atoms with Gasteiger partial charge in [-0.05, 0) is 55.8 Å². The number of hydrogen-bond donors (Lipinski definition) is 1. The maximum atomic E-state index is 13.3. The Hall–Kier alpha value is -2.64. The smallest absolute Gasteiger partial charge is 0.423 e. The number of anilines is 2. The van der Waals surface area contributed by atoms with E-state index in [1.54, 1.807) is 37.6 Å². The Balaban J connectivity index is 1.93. The molecular weight excluding hydrogens is 445 g/mol. The van der Waals surface area contributed by atoms with Crippen LogP contribution in [0.4, 0.5) is 29.2 Å². The summed E-state index contributed by atoms with van der Waals surface area (Å²) < 4.78 is 70.5. The Morgan fingerprint density at radius 3 is 2.33 bits per heavy atom. The quantitative estimate of drug-likeness (QED) is 0.370. The van der Waals surface area contributed by atoms with E-state index >= 15 is 0 Å². The maximum Gasteiger partial charge on any atom is 0.423 e. The normalized spacial score (nSPS) is 12.0. The SMILES string of the molecule is CP(C)(=O)c1ccc(Nc2ncc(C(F)(F)F)c(Oc3ccc(F)cc3Cl)n2)cc1. The van der Waals surface area contributed by atoms with Crippen LogP contribution < -0.4 is 15.4 Å². The topological polar surface area (TPSA) is 64.1 Å². The lowest BCUT2D eigenvalue weighted by Crippen LogP contribution is -2.11. The van der Waals surface area contributed by atoms with Crippen LogP contribution in [0.5, 0.6) is 11.6 Å². The Labute approximate surface area is 174 Å². The molecule has 0 aliphatic rings. The minimum Gasteiger partial charge on any atom is -0.437 e. The molecule has 5 nitrogen and oxygen atoms in total. The van der Waals surface area contributed by atoms with Crippen LogP contribution in [-0.2, 0) is 10.7 Å². The van der Waals surface area contributed by atoms with Gasteiger partial charge < -0.3 is 14.6 Å². The van der Waals surface area contributed by atoms with Gasteiger partial charge >= 0.3 is 6.18 Å². The number of nitrogens with one attached hydrogen (secondary N) is 1. The van der Waals surface area contributed by atoms with E-state index in [9.17, 15) is 22.1 Å². The van der Waals surface area contributed by atoms with E-state index in [4.69, 9.17) is 16.3 Å². The summed E-state index contributed by atoms with van der Waals surface area (Å²) in [4.78, 5) is 7.47. The van der Waals surface area contributed by atoms with Crippen molar-refractivity contribution >= 4 is 35.7 Å². The van der Waals surface area contributed by atoms with Gasteiger partial charge in [0.15, 0.2) is 0 Å². The van der Waals surface area contributed by atoms with E-state index in [1.807, 2.05) is 0 Å². The zero-order valence-electron chi connectivity index (χ0n) is 15.7. The van der Waals surface area contributed by atoms with Crippen molar-refractivity contribution in [3.63, 3.8) is 0 Å². The molecule has 0 aliphatic carbocycles. The monoisotopic (exact) mass is 459 g/mol. The second kappa shape index (κ2) is 8.24. The van der Waals surface area contributed by atoms with Crippen molar-refractivity contribution in [3.8, 4) is 11.6 Å². The molecule has 3 aromatic rings. The molecule has 11 heteroatoms. The van der Waals surface area contributed by atoms with Gasteiger partial charge in [0.2, 0.25) is 11.8 Å². The molecule has 2 aromatic carbocycles. The second-order valence-electron chi connectivity index (χ2n) is 6.61. The second-order valence-corrected chi connectivity index (χ2v) is 10.2. The van der Waals surface area contributed by atoms with E-state index in [-0.39, 0.29) is 16.7 Å². The molecule has 30 heavy (non-hydrogen) atoms. The fourth-order valence-corrected chi connectivity index (χ4v) is 3.47. The van der Waals surface area contributed by atoms with E-state index < -0.39 is 30.6 Å². The van der Waals surface area contributed by atoms with Gasteiger partial charge in [-0.3, -0.25) is 0 Å². The number of ether oxygens (including phenoxy) is 1. The molecule has 0 saturated carbocycles. The van der Waals surface area contributed by atoms with Gasteiger partial charge in [-0.1, -0.05) is 11.6 Å². The summed E-state index contributed by atoms with van der Waals surface area (Å²) in [6, 6.07) is 9.49. The first-order chi connectivity index (χ1) is 13.9. The van der Waals surface area contributed by atoms with Crippen LogP contribution in [0.2, 0.25) is 5.02 Å². The van der Waals surface area contributed by atoms with Crippen molar-refractivity contribution in [2.75, 3.05) is 18.6 Å². The lowest BCUT2D eigenvalue weighted by molar-refractivity contribution is -0.139. The Kier molecular flexibility index (Phi) is 6.06. The van der Waals surface area contributed by atoms with Crippen LogP contribution >= 0.6 is 18.7 Å². The predicted molar refractivity (Wildman–Crippen MR) is 107 cm³/mol. The molecule has 0 fully saturated rings. The Morgan fingerprint density at radius 1 is 1.10 bits per heavy atom. The van der Waals surface area contributed by atoms with Crippen molar-refractivity contribution in [3.05, 3.63) is 65.1 Å². The van der Waals surface area contributed by atoms with Gasteiger partial charge in [0.25, 0.3) is 0 Å². The summed E-state index contributed by atoms with van der Waals surface area (Å²) in [7, 11) is -2.44. The lowest BCUT2D eigenvalue weighted by atomic mass is 10.3. The zero-order valence-corrected chi connectivity index (χ0v) is 17.3. The van der Waals surface area contributed by atoms with Gasteiger partial charge in [-0.25, -0.2) is 9.37 Å². The molecule has 0 saturated heterocycles. The first-order valence-electron chi connectivity index (χ1n) is 8.43. The highest BCUT2D eigenvalue weighted by Crippen LogP contribution is 2.39. The van der Waals surface area contributed by atoms with Gasteiger partial charge in [-0.15, -0.1) is 0 Å². The fourth-order valence-electron chi connectivity index (χ4n) is 2.39. The third kappa shape index (κ3) is 5.29. The molecule has 1 aromatic heterocycles. The van der Waals surface area contributed by atoms with Crippen LogP contribution in [0.1, 0.15) is 5.56 Å². The third-order valence-corrected chi connectivity index (χ3v) is 5.74. The number of alkyl halides is 3. The largest absolute Gasteiger partial charge is 0.437 e. The van der Waals surface area contributed by atoms with Crippen molar-refractivity contribution in [1.82, 2.24) is 9.97 Å². The van der Waals surface area contributed by atoms with Crippen LogP contribution in [0.15, 0.2) is 48.7 Å². The molecule has 0 aliphatic heterocycles. The number of halogens is 5. The number of hydrogen-bond acceptors (Lipinski definition) is 5. The first-order valence-corrected chi connectivity index (χ1v) is 11.4. The summed E-state index contributed by atoms with van der Waals surface area (Å²) in [5.74, 6) is -1.82. The summed E-state index contributed by atoms with van der Waals surface area (Å²) in [6.45, 7) is 3.25. The van der Waals surface area contributed by atoms with Crippen molar-refractivity contribution in [2.45, 2.75) is 6.18 Å². The van der Waals surface area contributed by atoms with E-state index in [1.165, 1.54) is 0 Å². The summed E-state index contributed by atoms with van der Waals surface area (Å²) in [5, 5.41) is 3.20. The van der Waals surface area contributed by atoms with Crippen molar-refractivity contribution < 1.29 is 26.9 Å². The molecule has 3 rings (SSSR count). The van der Waals surface area contributed by atoms with Gasteiger partial charge in [0.05, 0.1) is 5.02 Å². The van der Waals surface area contributed by atoms with Crippen LogP contribution in [0.3, 0.4) is 0 Å². The molecule has 158 valence electrons. The fraction of sp³-hybridized carbons (Fsp3) is 0.158. The third-order valence-electron chi connectivity index (χ3n) is 3.91. The van der Waals surface area contributed by atoms with Crippen LogP contribution in [-0.4, -0.2) is 23.3 Å². The molecule has 1 N–H and O–H groups in total. The summed E-state index contributed by atoms with van der Waals surface area (Å²) in [6.07, 6.45) is -4.21. The summed E-state index contributed by atoms with van der Waals surface area (Å²) >= 11 is 5.84. The predicted octanol–water partition coefficient (Wildman–Crippen LogP) is 6.07. The zero-order chi connectivity index (χ0) is 22.1.